The number of hydrogen-bond acceptors (Lipinski definition) is 10. The van der Waals surface area contributed by atoms with Gasteiger partial charge in [0.1, 0.15) is 49.4 Å². The minimum Gasteiger partial charge on any atom is -0.491 e. The summed E-state index contributed by atoms with van der Waals surface area (Å²) in [5.41, 5.74) is 13.5. The van der Waals surface area contributed by atoms with E-state index in [9.17, 15) is 14.4 Å². The minimum atomic E-state index is -0.852. The Kier molecular flexibility index (Phi) is 21.5. The van der Waals surface area contributed by atoms with E-state index < -0.39 is 17.9 Å². The molecule has 1 aliphatic rings. The van der Waals surface area contributed by atoms with Crippen LogP contribution >= 0.6 is 0 Å². The average Bonchev–Trinajstić information content (AvgIpc) is 2.95. The summed E-state index contributed by atoms with van der Waals surface area (Å²) >= 11 is 0. The first-order valence-electron chi connectivity index (χ1n) is 29.6. The standard InChI is InChI=1S/C26H23NO3.C26H21NO3.C25H23NO4/c2*28-26(29)17-22-7-2-1-5-20(22)12-9-19-10-15-24(16-11-19)30-18-23-14-13-21-6-3-4-8-25(21)27-23;27-25(28)15-19-6-1-2-7-20(19)16-29-22-11-13-23(14-12-22)30-17-21-10-9-18-5-3-4-8-24(18)26-21/h1-8,10-11,13-16H,9,12,17-18H2,(H,28,29);1-16H,17-18H2,(H,28,29);1-14,21,26H,15-17H2,(H,27,28)/b;12-9+;. The third-order valence-electron chi connectivity index (χ3n) is 14.8. The largest absolute Gasteiger partial charge is 0.491 e. The van der Waals surface area contributed by atoms with Gasteiger partial charge in [-0.25, -0.2) is 9.97 Å². The van der Waals surface area contributed by atoms with Crippen molar-refractivity contribution in [1.82, 2.24) is 9.97 Å². The number of para-hydroxylation sites is 3. The zero-order chi connectivity index (χ0) is 62.3. The van der Waals surface area contributed by atoms with Crippen LogP contribution in [0, 0.1) is 0 Å². The molecule has 1 unspecified atom stereocenters. The maximum absolute atomic E-state index is 11.0. The van der Waals surface area contributed by atoms with Crippen LogP contribution in [0.5, 0.6) is 23.0 Å². The second-order valence-electron chi connectivity index (χ2n) is 21.3. The summed E-state index contributed by atoms with van der Waals surface area (Å²) in [4.78, 5) is 42.3. The lowest BCUT2D eigenvalue weighted by Crippen LogP contribution is -2.27. The number of pyridine rings is 2. The van der Waals surface area contributed by atoms with Crippen molar-refractivity contribution in [1.29, 1.82) is 0 Å². The highest BCUT2D eigenvalue weighted by Crippen LogP contribution is 2.26. The van der Waals surface area contributed by atoms with Gasteiger partial charge >= 0.3 is 17.9 Å². The third-order valence-corrected chi connectivity index (χ3v) is 14.8. The van der Waals surface area contributed by atoms with Crippen LogP contribution in [0.2, 0.25) is 0 Å². The van der Waals surface area contributed by atoms with Crippen molar-refractivity contribution in [3.8, 4) is 23.0 Å². The summed E-state index contributed by atoms with van der Waals surface area (Å²) < 4.78 is 23.5. The number of ether oxygens (including phenoxy) is 4. The van der Waals surface area contributed by atoms with E-state index in [1.807, 2.05) is 218 Å². The molecule has 0 saturated carbocycles. The van der Waals surface area contributed by atoms with Gasteiger partial charge in [0.05, 0.1) is 47.7 Å². The number of carboxylic acids is 3. The molecule has 2 aromatic heterocycles. The number of aryl methyl sites for hydroxylation is 2. The topological polar surface area (TPSA) is 187 Å². The molecule has 13 heteroatoms. The molecule has 0 bridgehead atoms. The first-order chi connectivity index (χ1) is 44.0. The maximum Gasteiger partial charge on any atom is 0.307 e. The number of benzene rings is 9. The summed E-state index contributed by atoms with van der Waals surface area (Å²) in [6.45, 7) is 1.67. The average molecular weight is 1190 g/mol. The van der Waals surface area contributed by atoms with E-state index in [4.69, 9.17) is 34.3 Å². The number of hydrogen-bond donors (Lipinski definition) is 4. The van der Waals surface area contributed by atoms with Gasteiger partial charge in [-0.3, -0.25) is 14.4 Å². The lowest BCUT2D eigenvalue weighted by Gasteiger charge is -2.22. The van der Waals surface area contributed by atoms with E-state index in [2.05, 4.69) is 63.8 Å². The third kappa shape index (κ3) is 18.6. The molecule has 0 radical (unpaired) electrons. The summed E-state index contributed by atoms with van der Waals surface area (Å²) in [5, 5.41) is 32.9. The van der Waals surface area contributed by atoms with Crippen LogP contribution in [0.25, 0.3) is 40.0 Å². The Bertz CT molecular complexity index is 4260. The SMILES string of the molecule is O=C(O)Cc1ccccc1/C=C/c1ccc(OCc2ccc3ccccc3n2)cc1.O=C(O)Cc1ccccc1CCc1ccc(OCc2ccc3ccccc3n2)cc1.O=C(O)Cc1ccccc1COc1ccc(OCC2C=Cc3ccccc3N2)cc1. The highest BCUT2D eigenvalue weighted by atomic mass is 16.5. The molecule has 0 amide bonds. The van der Waals surface area contributed by atoms with Gasteiger partial charge in [-0.1, -0.05) is 188 Å². The highest BCUT2D eigenvalue weighted by Gasteiger charge is 2.14. The van der Waals surface area contributed by atoms with Crippen molar-refractivity contribution in [2.75, 3.05) is 11.9 Å². The van der Waals surface area contributed by atoms with Gasteiger partial charge in [0.15, 0.2) is 0 Å². The molecule has 9 aromatic carbocycles. The number of rotatable bonds is 23. The Morgan fingerprint density at radius 3 is 1.47 bits per heavy atom. The van der Waals surface area contributed by atoms with Crippen LogP contribution in [0.3, 0.4) is 0 Å². The zero-order valence-corrected chi connectivity index (χ0v) is 49.4. The number of nitrogens with one attached hydrogen (secondary N) is 1. The molecule has 1 aliphatic heterocycles. The molecule has 11 aromatic rings. The Balaban J connectivity index is 0.000000148. The van der Waals surface area contributed by atoms with E-state index in [1.165, 1.54) is 11.1 Å². The molecular formula is C77H67N3O10. The molecule has 3 heterocycles. The van der Waals surface area contributed by atoms with Gasteiger partial charge in [-0.15, -0.1) is 0 Å². The van der Waals surface area contributed by atoms with Crippen LogP contribution in [-0.2, 0) is 66.3 Å². The fourth-order valence-corrected chi connectivity index (χ4v) is 10.1. The second-order valence-corrected chi connectivity index (χ2v) is 21.3. The number of carbonyl (C=O) groups is 3. The molecule has 4 N–H and O–H groups in total. The van der Waals surface area contributed by atoms with E-state index in [-0.39, 0.29) is 25.3 Å². The van der Waals surface area contributed by atoms with Crippen LogP contribution in [0.15, 0.2) is 249 Å². The van der Waals surface area contributed by atoms with Crippen molar-refractivity contribution in [3.05, 3.63) is 310 Å². The molecule has 12 rings (SSSR count). The molecule has 450 valence electrons. The van der Waals surface area contributed by atoms with Gasteiger partial charge in [-0.2, -0.15) is 0 Å². The number of carboxylic acid groups (broad SMARTS) is 3. The van der Waals surface area contributed by atoms with Gasteiger partial charge in [-0.05, 0) is 142 Å². The normalized spacial score (nSPS) is 12.1. The molecule has 13 nitrogen and oxygen atoms in total. The van der Waals surface area contributed by atoms with Crippen LogP contribution in [-0.4, -0.2) is 55.8 Å². The van der Waals surface area contributed by atoms with E-state index in [0.29, 0.717) is 32.2 Å². The Labute approximate surface area is 522 Å². The summed E-state index contributed by atoms with van der Waals surface area (Å²) in [6, 6.07) is 78.4. The predicted molar refractivity (Wildman–Crippen MR) is 354 cm³/mol. The molecule has 0 spiro atoms. The summed E-state index contributed by atoms with van der Waals surface area (Å²) in [5.74, 6) is 0.561. The first kappa shape index (κ1) is 61.8. The second kappa shape index (κ2) is 31.4. The lowest BCUT2D eigenvalue weighted by atomic mass is 9.98. The Morgan fingerprint density at radius 2 is 0.867 bits per heavy atom. The van der Waals surface area contributed by atoms with E-state index in [0.717, 1.165) is 108 Å². The fraction of sp³-hybridized carbons (Fsp3) is 0.130. The maximum atomic E-state index is 11.0. The Hall–Kier alpha value is -11.3. The predicted octanol–water partition coefficient (Wildman–Crippen LogP) is 15.6. The molecule has 1 atom stereocenters. The monoisotopic (exact) mass is 1190 g/mol. The molecule has 0 fully saturated rings. The number of aromatic nitrogens is 2. The van der Waals surface area contributed by atoms with Crippen molar-refractivity contribution in [3.63, 3.8) is 0 Å². The highest BCUT2D eigenvalue weighted by molar-refractivity contribution is 5.80. The molecule has 90 heavy (non-hydrogen) atoms. The lowest BCUT2D eigenvalue weighted by molar-refractivity contribution is -0.137. The van der Waals surface area contributed by atoms with Crippen LogP contribution in [0.4, 0.5) is 5.69 Å². The summed E-state index contributed by atoms with van der Waals surface area (Å²) in [7, 11) is 0. The van der Waals surface area contributed by atoms with Crippen molar-refractivity contribution in [2.45, 2.75) is 58.0 Å². The van der Waals surface area contributed by atoms with E-state index in [1.54, 1.807) is 0 Å². The van der Waals surface area contributed by atoms with Gasteiger partial charge in [0.2, 0.25) is 0 Å². The summed E-state index contributed by atoms with van der Waals surface area (Å²) in [6.07, 6.45) is 9.84. The fourth-order valence-electron chi connectivity index (χ4n) is 10.1. The van der Waals surface area contributed by atoms with Crippen LogP contribution < -0.4 is 24.3 Å². The Morgan fingerprint density at radius 1 is 0.411 bits per heavy atom. The zero-order valence-electron chi connectivity index (χ0n) is 49.4. The van der Waals surface area contributed by atoms with Crippen LogP contribution in [0.1, 0.15) is 61.5 Å². The molecule has 0 aliphatic carbocycles. The van der Waals surface area contributed by atoms with Crippen molar-refractivity contribution < 1.29 is 48.7 Å². The number of fused-ring (bicyclic) bond motifs is 3. The van der Waals surface area contributed by atoms with Crippen molar-refractivity contribution in [2.24, 2.45) is 0 Å². The minimum absolute atomic E-state index is 0.0100. The quantitative estimate of drug-likeness (QED) is 0.0444. The number of anilines is 1. The number of nitrogens with zero attached hydrogens (tertiary/aromatic N) is 2. The number of aliphatic carboxylic acids is 3. The first-order valence-corrected chi connectivity index (χ1v) is 29.6. The molecular weight excluding hydrogens is 1130 g/mol. The van der Waals surface area contributed by atoms with E-state index >= 15 is 0 Å². The van der Waals surface area contributed by atoms with Gasteiger partial charge < -0.3 is 39.6 Å². The molecule has 0 saturated heterocycles. The smallest absolute Gasteiger partial charge is 0.307 e. The van der Waals surface area contributed by atoms with Gasteiger partial charge in [0, 0.05) is 16.5 Å². The van der Waals surface area contributed by atoms with Gasteiger partial charge in [0.25, 0.3) is 0 Å². The van der Waals surface area contributed by atoms with Crippen molar-refractivity contribution >= 4 is 63.6 Å².